The number of nitrogens with zero attached hydrogens (tertiary/aromatic N) is 1. The van der Waals surface area contributed by atoms with Gasteiger partial charge in [-0.05, 0) is 43.9 Å². The van der Waals surface area contributed by atoms with Crippen LogP contribution >= 0.6 is 11.3 Å². The quantitative estimate of drug-likeness (QED) is 0.924. The van der Waals surface area contributed by atoms with Crippen molar-refractivity contribution in [2.75, 3.05) is 20.1 Å². The van der Waals surface area contributed by atoms with Crippen LogP contribution in [0.15, 0.2) is 16.3 Å². The number of hydrogen-bond donors (Lipinski definition) is 1. The van der Waals surface area contributed by atoms with Crippen LogP contribution < -0.4 is 5.32 Å². The van der Waals surface area contributed by atoms with Crippen molar-refractivity contribution in [3.05, 3.63) is 17.0 Å². The van der Waals surface area contributed by atoms with E-state index in [1.807, 2.05) is 13.1 Å². The highest BCUT2D eigenvalue weighted by Gasteiger charge is 2.41. The minimum Gasteiger partial charge on any atom is -0.315 e. The van der Waals surface area contributed by atoms with Crippen LogP contribution in [0.1, 0.15) is 24.1 Å². The van der Waals surface area contributed by atoms with Crippen LogP contribution in [0.5, 0.6) is 0 Å². The zero-order valence-electron chi connectivity index (χ0n) is 11.1. The Balaban J connectivity index is 1.78. The molecule has 0 bridgehead atoms. The molecule has 0 aromatic carbocycles. The summed E-state index contributed by atoms with van der Waals surface area (Å²) in [6.07, 6.45) is 3.67. The Morgan fingerprint density at radius 2 is 2.00 bits per heavy atom. The molecular weight excluding hydrogens is 280 g/mol. The fraction of sp³-hybridized carbons (Fsp3) is 0.692. The van der Waals surface area contributed by atoms with Gasteiger partial charge in [0.15, 0.2) is 0 Å². The van der Waals surface area contributed by atoms with Crippen LogP contribution in [0.2, 0.25) is 0 Å². The normalized spacial score (nSPS) is 27.8. The van der Waals surface area contributed by atoms with Gasteiger partial charge in [-0.3, -0.25) is 0 Å². The first-order valence-electron chi connectivity index (χ1n) is 6.84. The van der Waals surface area contributed by atoms with Gasteiger partial charge in [-0.2, -0.15) is 4.31 Å². The molecule has 1 saturated carbocycles. The summed E-state index contributed by atoms with van der Waals surface area (Å²) in [5.74, 6) is 1.21. The van der Waals surface area contributed by atoms with Crippen molar-refractivity contribution in [3.63, 3.8) is 0 Å². The lowest BCUT2D eigenvalue weighted by Crippen LogP contribution is -2.29. The Morgan fingerprint density at radius 3 is 2.63 bits per heavy atom. The van der Waals surface area contributed by atoms with E-state index in [4.69, 9.17) is 0 Å². The Bertz CT molecular complexity index is 541. The van der Waals surface area contributed by atoms with E-state index in [1.165, 1.54) is 30.6 Å². The third kappa shape index (κ3) is 2.46. The Kier molecular flexibility index (Phi) is 3.68. The molecule has 0 radical (unpaired) electrons. The molecule has 6 heteroatoms. The number of thiophene rings is 1. The summed E-state index contributed by atoms with van der Waals surface area (Å²) in [4.78, 5) is 1.07. The fourth-order valence-corrected chi connectivity index (χ4v) is 6.36. The van der Waals surface area contributed by atoms with Crippen molar-refractivity contribution in [2.24, 2.45) is 11.8 Å². The Labute approximate surface area is 118 Å². The minimum atomic E-state index is -3.25. The van der Waals surface area contributed by atoms with E-state index in [0.29, 0.717) is 16.0 Å². The van der Waals surface area contributed by atoms with Crippen LogP contribution in [0.3, 0.4) is 0 Å². The summed E-state index contributed by atoms with van der Waals surface area (Å²) in [5, 5.41) is 3.05. The first-order chi connectivity index (χ1) is 9.11. The van der Waals surface area contributed by atoms with Crippen molar-refractivity contribution in [1.29, 1.82) is 0 Å². The molecule has 0 amide bonds. The molecule has 4 nitrogen and oxygen atoms in total. The second-order valence-corrected chi connectivity index (χ2v) is 8.86. The molecule has 2 atom stereocenters. The van der Waals surface area contributed by atoms with Crippen LogP contribution in [0.4, 0.5) is 0 Å². The predicted molar refractivity (Wildman–Crippen MR) is 76.7 cm³/mol. The lowest BCUT2D eigenvalue weighted by molar-refractivity contribution is 0.447. The maximum absolute atomic E-state index is 12.6. The average Bonchev–Trinajstić information content (AvgIpc) is 3.03. The van der Waals surface area contributed by atoms with Crippen LogP contribution in [0, 0.1) is 11.8 Å². The van der Waals surface area contributed by atoms with E-state index in [9.17, 15) is 8.42 Å². The van der Waals surface area contributed by atoms with Gasteiger partial charge in [0.1, 0.15) is 4.21 Å². The summed E-state index contributed by atoms with van der Waals surface area (Å²) < 4.78 is 27.4. The van der Waals surface area contributed by atoms with E-state index in [0.717, 1.165) is 24.5 Å². The van der Waals surface area contributed by atoms with Gasteiger partial charge in [-0.25, -0.2) is 8.42 Å². The highest BCUT2D eigenvalue weighted by atomic mass is 32.2. The standard InChI is InChI=1S/C13H20N2O2S2/c1-14-7-12-5-6-13(18-12)19(16,17)15-8-10-3-2-4-11(10)9-15/h5-6,10-11,14H,2-4,7-9H2,1H3. The second kappa shape index (κ2) is 5.16. The first-order valence-corrected chi connectivity index (χ1v) is 9.10. The molecule has 1 aromatic heterocycles. The largest absolute Gasteiger partial charge is 0.315 e. The number of rotatable bonds is 4. The SMILES string of the molecule is CNCc1ccc(S(=O)(=O)N2CC3CCCC3C2)s1. The summed E-state index contributed by atoms with van der Waals surface area (Å²) in [6.45, 7) is 2.18. The number of fused-ring (bicyclic) bond motifs is 1. The van der Waals surface area contributed by atoms with Crippen molar-refractivity contribution in [1.82, 2.24) is 9.62 Å². The number of nitrogens with one attached hydrogen (secondary N) is 1. The molecule has 1 aliphatic carbocycles. The third-order valence-electron chi connectivity index (χ3n) is 4.27. The van der Waals surface area contributed by atoms with Crippen molar-refractivity contribution < 1.29 is 8.42 Å². The first kappa shape index (κ1) is 13.5. The van der Waals surface area contributed by atoms with E-state index >= 15 is 0 Å². The smallest absolute Gasteiger partial charge is 0.252 e. The number of sulfonamides is 1. The van der Waals surface area contributed by atoms with Gasteiger partial charge in [0.05, 0.1) is 0 Å². The van der Waals surface area contributed by atoms with Gasteiger partial charge in [-0.1, -0.05) is 6.42 Å². The average molecular weight is 300 g/mol. The van der Waals surface area contributed by atoms with Gasteiger partial charge in [0.2, 0.25) is 0 Å². The van der Waals surface area contributed by atoms with E-state index in [2.05, 4.69) is 5.32 Å². The van der Waals surface area contributed by atoms with Gasteiger partial charge in [0.25, 0.3) is 10.0 Å². The molecule has 1 N–H and O–H groups in total. The predicted octanol–water partition coefficient (Wildman–Crippen LogP) is 1.89. The highest BCUT2D eigenvalue weighted by Crippen LogP contribution is 2.40. The molecule has 1 saturated heterocycles. The maximum atomic E-state index is 12.6. The summed E-state index contributed by atoms with van der Waals surface area (Å²) >= 11 is 1.39. The van der Waals surface area contributed by atoms with E-state index < -0.39 is 10.0 Å². The zero-order valence-corrected chi connectivity index (χ0v) is 12.8. The van der Waals surface area contributed by atoms with Gasteiger partial charge >= 0.3 is 0 Å². The van der Waals surface area contributed by atoms with E-state index in [-0.39, 0.29) is 0 Å². The Morgan fingerprint density at radius 1 is 1.32 bits per heavy atom. The summed E-state index contributed by atoms with van der Waals surface area (Å²) in [6, 6.07) is 3.66. The van der Waals surface area contributed by atoms with Crippen LogP contribution in [-0.4, -0.2) is 32.9 Å². The van der Waals surface area contributed by atoms with Gasteiger partial charge in [0, 0.05) is 24.5 Å². The fourth-order valence-electron chi connectivity index (χ4n) is 3.28. The van der Waals surface area contributed by atoms with Crippen molar-refractivity contribution >= 4 is 21.4 Å². The second-order valence-electron chi connectivity index (χ2n) is 5.52. The molecule has 3 rings (SSSR count). The van der Waals surface area contributed by atoms with Crippen LogP contribution in [0.25, 0.3) is 0 Å². The molecule has 2 heterocycles. The highest BCUT2D eigenvalue weighted by molar-refractivity contribution is 7.91. The summed E-state index contributed by atoms with van der Waals surface area (Å²) in [7, 11) is -1.38. The molecule has 2 unspecified atom stereocenters. The Hall–Kier alpha value is -0.430. The lowest BCUT2D eigenvalue weighted by atomic mass is 10.0. The minimum absolute atomic E-state index is 0.498. The van der Waals surface area contributed by atoms with Gasteiger partial charge < -0.3 is 5.32 Å². The molecular formula is C13H20N2O2S2. The number of hydrogen-bond acceptors (Lipinski definition) is 4. The van der Waals surface area contributed by atoms with E-state index in [1.54, 1.807) is 10.4 Å². The molecule has 19 heavy (non-hydrogen) atoms. The lowest BCUT2D eigenvalue weighted by Gasteiger charge is -2.15. The molecule has 1 aromatic rings. The van der Waals surface area contributed by atoms with Crippen LogP contribution in [-0.2, 0) is 16.6 Å². The zero-order chi connectivity index (χ0) is 13.5. The topological polar surface area (TPSA) is 49.4 Å². The van der Waals surface area contributed by atoms with Crippen molar-refractivity contribution in [3.8, 4) is 0 Å². The monoisotopic (exact) mass is 300 g/mol. The van der Waals surface area contributed by atoms with Crippen molar-refractivity contribution in [2.45, 2.75) is 30.0 Å². The molecule has 106 valence electrons. The molecule has 0 spiro atoms. The van der Waals surface area contributed by atoms with Gasteiger partial charge in [-0.15, -0.1) is 11.3 Å². The third-order valence-corrected chi connectivity index (χ3v) is 7.66. The molecule has 2 aliphatic rings. The maximum Gasteiger partial charge on any atom is 0.252 e. The summed E-state index contributed by atoms with van der Waals surface area (Å²) in [5.41, 5.74) is 0. The molecule has 2 fully saturated rings. The molecule has 1 aliphatic heterocycles.